The fourth-order valence-electron chi connectivity index (χ4n) is 4.04. The van der Waals surface area contributed by atoms with E-state index in [1.165, 1.54) is 4.90 Å². The third kappa shape index (κ3) is 5.27. The monoisotopic (exact) mass is 530 g/mol. The molecule has 0 spiro atoms. The van der Waals surface area contributed by atoms with Gasteiger partial charge < -0.3 is 19.4 Å². The highest BCUT2D eigenvalue weighted by molar-refractivity contribution is 6.33. The third-order valence-electron chi connectivity index (χ3n) is 6.17. The van der Waals surface area contributed by atoms with Crippen molar-refractivity contribution in [2.75, 3.05) is 52.3 Å². The molecule has 1 aliphatic rings. The van der Waals surface area contributed by atoms with Crippen molar-refractivity contribution in [2.45, 2.75) is 13.5 Å². The summed E-state index contributed by atoms with van der Waals surface area (Å²) in [5.41, 5.74) is 2.89. The van der Waals surface area contributed by atoms with Crippen molar-refractivity contribution < 1.29 is 14.3 Å². The normalized spacial score (nSPS) is 13.6. The number of hydrogen-bond acceptors (Lipinski definition) is 6. The van der Waals surface area contributed by atoms with Crippen molar-refractivity contribution in [3.8, 4) is 17.1 Å². The molecule has 3 aromatic rings. The smallest absolute Gasteiger partial charge is 0.271 e. The van der Waals surface area contributed by atoms with Gasteiger partial charge in [0, 0.05) is 52.0 Å². The van der Waals surface area contributed by atoms with Crippen LogP contribution in [0, 0.1) is 6.92 Å². The van der Waals surface area contributed by atoms with Crippen molar-refractivity contribution in [2.24, 2.45) is 0 Å². The predicted octanol–water partition coefficient (Wildman–Crippen LogP) is 3.62. The summed E-state index contributed by atoms with van der Waals surface area (Å²) in [4.78, 5) is 35.3. The number of benzene rings is 1. The van der Waals surface area contributed by atoms with Crippen LogP contribution in [0.5, 0.6) is 5.75 Å². The molecule has 1 aliphatic heterocycles. The van der Waals surface area contributed by atoms with Crippen LogP contribution in [-0.4, -0.2) is 83.8 Å². The minimum absolute atomic E-state index is 0.0401. The molecule has 1 aromatic carbocycles. The number of methoxy groups -OCH3 is 1. The molecule has 0 bridgehead atoms. The first-order chi connectivity index (χ1) is 17.2. The Hall–Kier alpha value is -3.30. The lowest BCUT2D eigenvalue weighted by molar-refractivity contribution is -0.132. The van der Waals surface area contributed by atoms with Crippen molar-refractivity contribution >= 4 is 40.7 Å². The number of rotatable bonds is 6. The Morgan fingerprint density at radius 3 is 2.47 bits per heavy atom. The first kappa shape index (κ1) is 25.8. The largest absolute Gasteiger partial charge is 0.495 e. The number of ether oxygens (including phenoxy) is 1. The highest BCUT2D eigenvalue weighted by atomic mass is 35.5. The van der Waals surface area contributed by atoms with E-state index in [0.29, 0.717) is 64.7 Å². The molecule has 1 fully saturated rings. The number of carbonyl (C=O) groups excluding carboxylic acids is 2. The standard InChI is InChI=1S/C25H28Cl2N6O3/c1-16-23(27)24(19-6-5-7-20(28-19)25(35)30(2)3)29-33(16)15-22(34)32-12-10-31(11-13-32)17-8-9-18(26)21(14-17)36-4/h5-9,14H,10-13,15H2,1-4H3. The lowest BCUT2D eigenvalue weighted by Gasteiger charge is -2.36. The molecule has 0 atom stereocenters. The summed E-state index contributed by atoms with van der Waals surface area (Å²) in [6.07, 6.45) is 0. The van der Waals surface area contributed by atoms with Crippen LogP contribution in [0.2, 0.25) is 10.0 Å². The van der Waals surface area contributed by atoms with Gasteiger partial charge in [0.1, 0.15) is 23.7 Å². The molecule has 0 N–H and O–H groups in total. The number of halogens is 2. The summed E-state index contributed by atoms with van der Waals surface area (Å²) in [6.45, 7) is 4.43. The Labute approximate surface area is 220 Å². The third-order valence-corrected chi connectivity index (χ3v) is 6.93. The zero-order valence-corrected chi connectivity index (χ0v) is 22.2. The van der Waals surface area contributed by atoms with E-state index < -0.39 is 0 Å². The average molecular weight is 531 g/mol. The summed E-state index contributed by atoms with van der Waals surface area (Å²) >= 11 is 12.7. The van der Waals surface area contributed by atoms with Gasteiger partial charge in [0.2, 0.25) is 5.91 Å². The second-order valence-electron chi connectivity index (χ2n) is 8.70. The molecule has 1 saturated heterocycles. The quantitative estimate of drug-likeness (QED) is 0.483. The molecule has 2 amide bonds. The Bertz CT molecular complexity index is 1280. The van der Waals surface area contributed by atoms with Crippen LogP contribution in [-0.2, 0) is 11.3 Å². The van der Waals surface area contributed by atoms with E-state index in [-0.39, 0.29) is 18.4 Å². The van der Waals surface area contributed by atoms with E-state index in [1.54, 1.807) is 44.1 Å². The lowest BCUT2D eigenvalue weighted by Crippen LogP contribution is -2.49. The molecular formula is C25H28Cl2N6O3. The Morgan fingerprint density at radius 1 is 1.08 bits per heavy atom. The van der Waals surface area contributed by atoms with Gasteiger partial charge in [-0.1, -0.05) is 29.3 Å². The maximum Gasteiger partial charge on any atom is 0.271 e. The molecule has 0 radical (unpaired) electrons. The van der Waals surface area contributed by atoms with Crippen LogP contribution in [0.25, 0.3) is 11.4 Å². The Kier molecular flexibility index (Phi) is 7.70. The molecule has 0 aliphatic carbocycles. The van der Waals surface area contributed by atoms with Crippen molar-refractivity contribution in [1.82, 2.24) is 24.6 Å². The van der Waals surface area contributed by atoms with Gasteiger partial charge in [0.25, 0.3) is 5.91 Å². The van der Waals surface area contributed by atoms with Gasteiger partial charge in [-0.05, 0) is 31.2 Å². The van der Waals surface area contributed by atoms with Crippen LogP contribution in [0.1, 0.15) is 16.2 Å². The molecule has 36 heavy (non-hydrogen) atoms. The van der Waals surface area contributed by atoms with E-state index in [9.17, 15) is 9.59 Å². The molecule has 11 heteroatoms. The molecule has 2 aromatic heterocycles. The zero-order chi connectivity index (χ0) is 26.0. The van der Waals surface area contributed by atoms with Crippen LogP contribution in [0.15, 0.2) is 36.4 Å². The highest BCUT2D eigenvalue weighted by Crippen LogP contribution is 2.31. The van der Waals surface area contributed by atoms with Gasteiger partial charge in [-0.2, -0.15) is 5.10 Å². The SMILES string of the molecule is COc1cc(N2CCN(C(=O)Cn3nc(-c4cccc(C(=O)N(C)C)n4)c(Cl)c3C)CC2)ccc1Cl. The number of anilines is 1. The van der Waals surface area contributed by atoms with Crippen LogP contribution in [0.4, 0.5) is 5.69 Å². The van der Waals surface area contributed by atoms with E-state index in [2.05, 4.69) is 15.0 Å². The Morgan fingerprint density at radius 2 is 1.81 bits per heavy atom. The molecule has 190 valence electrons. The fourth-order valence-corrected chi connectivity index (χ4v) is 4.47. The predicted molar refractivity (Wildman–Crippen MR) is 140 cm³/mol. The van der Waals surface area contributed by atoms with Gasteiger partial charge in [-0.3, -0.25) is 14.3 Å². The summed E-state index contributed by atoms with van der Waals surface area (Å²) in [5, 5.41) is 5.53. The molecule has 0 saturated carbocycles. The van der Waals surface area contributed by atoms with E-state index in [1.807, 2.05) is 30.0 Å². The first-order valence-corrected chi connectivity index (χ1v) is 12.2. The van der Waals surface area contributed by atoms with Crippen LogP contribution < -0.4 is 9.64 Å². The minimum atomic E-state index is -0.213. The van der Waals surface area contributed by atoms with Crippen molar-refractivity contribution in [3.63, 3.8) is 0 Å². The maximum absolute atomic E-state index is 13.1. The number of aromatic nitrogens is 3. The van der Waals surface area contributed by atoms with Gasteiger partial charge in [0.15, 0.2) is 0 Å². The van der Waals surface area contributed by atoms with Crippen molar-refractivity contribution in [3.05, 3.63) is 57.8 Å². The van der Waals surface area contributed by atoms with Gasteiger partial charge in [0.05, 0.1) is 28.5 Å². The number of nitrogens with zero attached hydrogens (tertiary/aromatic N) is 6. The average Bonchev–Trinajstić information content (AvgIpc) is 3.17. The lowest BCUT2D eigenvalue weighted by atomic mass is 10.2. The number of hydrogen-bond donors (Lipinski definition) is 0. The molecular weight excluding hydrogens is 503 g/mol. The van der Waals surface area contributed by atoms with Gasteiger partial charge in [-0.25, -0.2) is 4.98 Å². The number of pyridine rings is 1. The second kappa shape index (κ2) is 10.8. The van der Waals surface area contributed by atoms with E-state index in [0.717, 1.165) is 5.69 Å². The van der Waals surface area contributed by atoms with Gasteiger partial charge >= 0.3 is 0 Å². The zero-order valence-electron chi connectivity index (χ0n) is 20.7. The number of piperazine rings is 1. The Balaban J connectivity index is 1.44. The summed E-state index contributed by atoms with van der Waals surface area (Å²) in [6, 6.07) is 10.8. The van der Waals surface area contributed by atoms with Crippen LogP contribution in [0.3, 0.4) is 0 Å². The highest BCUT2D eigenvalue weighted by Gasteiger charge is 2.24. The summed E-state index contributed by atoms with van der Waals surface area (Å²) in [7, 11) is 4.92. The van der Waals surface area contributed by atoms with E-state index in [4.69, 9.17) is 27.9 Å². The number of amides is 2. The summed E-state index contributed by atoms with van der Waals surface area (Å²) < 4.78 is 6.91. The van der Waals surface area contributed by atoms with E-state index >= 15 is 0 Å². The number of carbonyl (C=O) groups is 2. The van der Waals surface area contributed by atoms with Gasteiger partial charge in [-0.15, -0.1) is 0 Å². The minimum Gasteiger partial charge on any atom is -0.495 e. The second-order valence-corrected chi connectivity index (χ2v) is 9.49. The first-order valence-electron chi connectivity index (χ1n) is 11.5. The molecule has 9 nitrogen and oxygen atoms in total. The fraction of sp³-hybridized carbons (Fsp3) is 0.360. The molecule has 4 rings (SSSR count). The molecule has 3 heterocycles. The molecule has 0 unspecified atom stereocenters. The topological polar surface area (TPSA) is 83.8 Å². The summed E-state index contributed by atoms with van der Waals surface area (Å²) in [5.74, 6) is 0.373. The van der Waals surface area contributed by atoms with Crippen LogP contribution >= 0.6 is 23.2 Å². The van der Waals surface area contributed by atoms with Crippen molar-refractivity contribution in [1.29, 1.82) is 0 Å². The maximum atomic E-state index is 13.1.